The molecule has 2 aliphatic heterocycles. The molecular weight excluding hydrogens is 431 g/mol. The van der Waals surface area contributed by atoms with Crippen LogP contribution in [0, 0.1) is 5.92 Å². The second-order valence-corrected chi connectivity index (χ2v) is 9.07. The number of carbonyl (C=O) groups is 1. The van der Waals surface area contributed by atoms with E-state index in [4.69, 9.17) is 4.74 Å². The highest BCUT2D eigenvalue weighted by molar-refractivity contribution is 5.79. The quantitative estimate of drug-likeness (QED) is 0.676. The summed E-state index contributed by atoms with van der Waals surface area (Å²) in [6.45, 7) is 6.80. The van der Waals surface area contributed by atoms with Gasteiger partial charge in [0, 0.05) is 50.8 Å². The number of hydrogen-bond donors (Lipinski definition) is 2. The van der Waals surface area contributed by atoms with Crippen LogP contribution < -0.4 is 10.6 Å². The summed E-state index contributed by atoms with van der Waals surface area (Å²) in [5, 5.41) is 6.65. The van der Waals surface area contributed by atoms with Gasteiger partial charge in [-0.15, -0.1) is 0 Å². The smallest absolute Gasteiger partial charge is 0.381 e. The summed E-state index contributed by atoms with van der Waals surface area (Å²) in [6, 6.07) is 3.28. The van der Waals surface area contributed by atoms with Crippen LogP contribution in [0.25, 0.3) is 0 Å². The van der Waals surface area contributed by atoms with Crippen LogP contribution in [0.2, 0.25) is 0 Å². The first kappa shape index (κ1) is 26.0. The number of hydrogen-bond acceptors (Lipinski definition) is 4. The molecule has 2 unspecified atom stereocenters. The lowest BCUT2D eigenvalue weighted by atomic mass is 9.91. The Morgan fingerprint density at radius 1 is 1.12 bits per heavy atom. The minimum absolute atomic E-state index is 0.0403. The van der Waals surface area contributed by atoms with E-state index in [1.54, 1.807) is 11.9 Å². The Hall–Kier alpha value is -1.64. The van der Waals surface area contributed by atoms with Crippen molar-refractivity contribution in [2.45, 2.75) is 83.7 Å². The minimum Gasteiger partial charge on any atom is -0.381 e. The molecule has 8 heteroatoms. The summed E-state index contributed by atoms with van der Waals surface area (Å²) in [5.74, 6) is 0.0518. The Kier molecular flexibility index (Phi) is 9.18. The molecule has 2 heterocycles. The topological polar surface area (TPSA) is 53.6 Å². The number of ether oxygens (including phenoxy) is 1. The maximum atomic E-state index is 13.4. The van der Waals surface area contributed by atoms with Crippen LogP contribution in [-0.2, 0) is 35.2 Å². The molecule has 1 amide bonds. The molecule has 33 heavy (non-hydrogen) atoms. The highest BCUT2D eigenvalue weighted by atomic mass is 19.4. The van der Waals surface area contributed by atoms with Crippen molar-refractivity contribution in [3.05, 3.63) is 34.4 Å². The Bertz CT molecular complexity index is 794. The van der Waals surface area contributed by atoms with Gasteiger partial charge in [-0.05, 0) is 74.4 Å². The second-order valence-electron chi connectivity index (χ2n) is 9.07. The molecule has 1 aromatic carbocycles. The number of rotatable bonds is 5. The Morgan fingerprint density at radius 2 is 1.85 bits per heavy atom. The van der Waals surface area contributed by atoms with Gasteiger partial charge in [0.05, 0.1) is 5.56 Å². The van der Waals surface area contributed by atoms with Gasteiger partial charge >= 0.3 is 6.18 Å². The van der Waals surface area contributed by atoms with Crippen molar-refractivity contribution in [2.75, 3.05) is 26.8 Å². The summed E-state index contributed by atoms with van der Waals surface area (Å²) in [4.78, 5) is 15.0. The van der Waals surface area contributed by atoms with E-state index in [9.17, 15) is 18.0 Å². The zero-order valence-corrected chi connectivity index (χ0v) is 20.1. The van der Waals surface area contributed by atoms with Crippen molar-refractivity contribution in [1.82, 2.24) is 15.5 Å². The van der Waals surface area contributed by atoms with Crippen LogP contribution >= 0.6 is 0 Å². The Morgan fingerprint density at radius 3 is 2.52 bits per heavy atom. The molecule has 4 rings (SSSR count). The second kappa shape index (κ2) is 11.7. The van der Waals surface area contributed by atoms with E-state index < -0.39 is 11.7 Å². The van der Waals surface area contributed by atoms with Crippen LogP contribution in [0.15, 0.2) is 12.1 Å². The fourth-order valence-corrected chi connectivity index (χ4v) is 5.30. The molecule has 5 nitrogen and oxygen atoms in total. The van der Waals surface area contributed by atoms with Crippen molar-refractivity contribution < 1.29 is 22.7 Å². The number of nitrogens with zero attached hydrogens (tertiary/aromatic N) is 1. The third-order valence-corrected chi connectivity index (χ3v) is 6.91. The molecule has 1 saturated heterocycles. The highest BCUT2D eigenvalue weighted by Crippen LogP contribution is 2.35. The highest BCUT2D eigenvalue weighted by Gasteiger charge is 2.37. The van der Waals surface area contributed by atoms with E-state index in [1.807, 2.05) is 13.8 Å². The molecular formula is C25H38F3N3O2. The number of halogens is 3. The molecule has 2 atom stereocenters. The van der Waals surface area contributed by atoms with E-state index in [0.717, 1.165) is 50.9 Å². The fraction of sp³-hybridized carbons (Fsp3) is 0.720. The molecule has 186 valence electrons. The molecule has 0 bridgehead atoms. The summed E-state index contributed by atoms with van der Waals surface area (Å²) in [6.07, 6.45) is 0.862. The maximum absolute atomic E-state index is 13.4. The lowest BCUT2D eigenvalue weighted by molar-refractivity contribution is -0.137. The van der Waals surface area contributed by atoms with Gasteiger partial charge in [-0.3, -0.25) is 4.79 Å². The number of amides is 1. The van der Waals surface area contributed by atoms with Gasteiger partial charge in [-0.2, -0.15) is 13.2 Å². The Labute approximate surface area is 195 Å². The van der Waals surface area contributed by atoms with Gasteiger partial charge in [0.25, 0.3) is 0 Å². The van der Waals surface area contributed by atoms with Gasteiger partial charge in [0.15, 0.2) is 0 Å². The number of nitrogens with one attached hydrogen (secondary N) is 2. The third-order valence-electron chi connectivity index (χ3n) is 6.91. The first-order chi connectivity index (χ1) is 15.8. The van der Waals surface area contributed by atoms with E-state index in [-0.39, 0.29) is 18.4 Å². The first-order valence-electron chi connectivity index (χ1n) is 12.3. The molecule has 2 N–H and O–H groups in total. The van der Waals surface area contributed by atoms with Gasteiger partial charge in [-0.1, -0.05) is 13.8 Å². The maximum Gasteiger partial charge on any atom is 0.416 e. The van der Waals surface area contributed by atoms with Crippen LogP contribution in [0.4, 0.5) is 13.2 Å². The van der Waals surface area contributed by atoms with Gasteiger partial charge in [0.1, 0.15) is 0 Å². The zero-order valence-electron chi connectivity index (χ0n) is 20.1. The van der Waals surface area contributed by atoms with E-state index >= 15 is 0 Å². The van der Waals surface area contributed by atoms with Gasteiger partial charge in [-0.25, -0.2) is 0 Å². The molecule has 0 spiro atoms. The van der Waals surface area contributed by atoms with E-state index in [2.05, 4.69) is 10.6 Å². The van der Waals surface area contributed by atoms with E-state index in [0.29, 0.717) is 42.7 Å². The number of benzene rings is 1. The molecule has 0 radical (unpaired) electrons. The zero-order chi connectivity index (χ0) is 24.0. The lowest BCUT2D eigenvalue weighted by Gasteiger charge is -2.33. The number of alkyl halides is 3. The van der Waals surface area contributed by atoms with Crippen LogP contribution in [-0.4, -0.2) is 49.7 Å². The average molecular weight is 470 g/mol. The molecule has 3 aliphatic rings. The van der Waals surface area contributed by atoms with Crippen molar-refractivity contribution in [1.29, 1.82) is 0 Å². The third kappa shape index (κ3) is 6.49. The van der Waals surface area contributed by atoms with Crippen molar-refractivity contribution in [3.8, 4) is 0 Å². The lowest BCUT2D eigenvalue weighted by Crippen LogP contribution is -2.42. The molecule has 0 aromatic heterocycles. The predicted octanol–water partition coefficient (Wildman–Crippen LogP) is 4.27. The van der Waals surface area contributed by atoms with Crippen LogP contribution in [0.3, 0.4) is 0 Å². The standard InChI is InChI=1S/C23H32F3N3O2.C2H6/c1-27-13-16-10-18(23(24,25)26)11-17-14-29(7-4-21(16)17)22(30)15-2-3-20(12-15)28-19-5-8-31-9-6-19;1-2/h10-11,15,19-20,27-28H,2-9,12-14H2,1H3;1-2H3. The summed E-state index contributed by atoms with van der Waals surface area (Å²) in [5.41, 5.74) is 1.64. The minimum atomic E-state index is -4.39. The van der Waals surface area contributed by atoms with Crippen LogP contribution in [0.1, 0.15) is 68.2 Å². The van der Waals surface area contributed by atoms with Crippen molar-refractivity contribution in [2.24, 2.45) is 5.92 Å². The summed E-state index contributed by atoms with van der Waals surface area (Å²) in [7, 11) is 1.73. The molecule has 2 fully saturated rings. The fourth-order valence-electron chi connectivity index (χ4n) is 5.30. The largest absolute Gasteiger partial charge is 0.416 e. The number of fused-ring (bicyclic) bond motifs is 1. The molecule has 1 aromatic rings. The summed E-state index contributed by atoms with van der Waals surface area (Å²) < 4.78 is 45.6. The van der Waals surface area contributed by atoms with Gasteiger partial charge in [0.2, 0.25) is 5.91 Å². The molecule has 1 saturated carbocycles. The predicted molar refractivity (Wildman–Crippen MR) is 123 cm³/mol. The average Bonchev–Trinajstić information content (AvgIpc) is 3.28. The van der Waals surface area contributed by atoms with Gasteiger partial charge < -0.3 is 20.3 Å². The Balaban J connectivity index is 0.00000149. The monoisotopic (exact) mass is 469 g/mol. The first-order valence-corrected chi connectivity index (χ1v) is 12.3. The van der Waals surface area contributed by atoms with E-state index in [1.165, 1.54) is 12.1 Å². The summed E-state index contributed by atoms with van der Waals surface area (Å²) >= 11 is 0. The van der Waals surface area contributed by atoms with Crippen molar-refractivity contribution in [3.63, 3.8) is 0 Å². The van der Waals surface area contributed by atoms with Crippen molar-refractivity contribution >= 4 is 5.91 Å². The molecule has 1 aliphatic carbocycles. The SMILES string of the molecule is CC.CNCc1cc(C(F)(F)F)cc2c1CCN(C(=O)C1CCC(NC3CCOCC3)C1)C2. The normalized spacial score (nSPS) is 23.6. The number of carbonyl (C=O) groups excluding carboxylic acids is 1. The van der Waals surface area contributed by atoms with Crippen LogP contribution in [0.5, 0.6) is 0 Å².